The third-order valence-corrected chi connectivity index (χ3v) is 1.44. The number of aldehydes is 1. The quantitative estimate of drug-likeness (QED) is 0.575. The minimum Gasteiger partial charge on any atom is -0.392 e. The number of hydrogen-bond acceptors (Lipinski definition) is 2. The van der Waals surface area contributed by atoms with Gasteiger partial charge < -0.3 is 9.90 Å². The molecule has 0 saturated carbocycles. The summed E-state index contributed by atoms with van der Waals surface area (Å²) < 4.78 is 0. The summed E-state index contributed by atoms with van der Waals surface area (Å²) in [4.78, 5) is 10.1. The van der Waals surface area contributed by atoms with Gasteiger partial charge in [-0.2, -0.15) is 0 Å². The summed E-state index contributed by atoms with van der Waals surface area (Å²) in [5.74, 6) is -0.0600. The molecule has 0 aromatic carbocycles. The molecule has 0 amide bonds. The average Bonchev–Trinajstić information content (AvgIpc) is 1.84. The van der Waals surface area contributed by atoms with E-state index in [9.17, 15) is 4.79 Å². The van der Waals surface area contributed by atoms with Crippen molar-refractivity contribution >= 4 is 6.29 Å². The molecule has 0 bridgehead atoms. The molecule has 9 heavy (non-hydrogen) atoms. The smallest absolute Gasteiger partial charge is 0.125 e. The van der Waals surface area contributed by atoms with Crippen molar-refractivity contribution in [2.24, 2.45) is 11.8 Å². The summed E-state index contributed by atoms with van der Waals surface area (Å²) in [7, 11) is 0. The molecule has 2 heteroatoms. The van der Waals surface area contributed by atoms with Gasteiger partial charge in [0.05, 0.1) is 6.10 Å². The highest BCUT2D eigenvalue weighted by atomic mass is 16.3. The Labute approximate surface area is 55.9 Å². The fourth-order valence-electron chi connectivity index (χ4n) is 0.688. The van der Waals surface area contributed by atoms with E-state index >= 15 is 0 Å². The van der Waals surface area contributed by atoms with E-state index in [4.69, 9.17) is 5.11 Å². The van der Waals surface area contributed by atoms with Gasteiger partial charge in [0, 0.05) is 5.92 Å². The maximum atomic E-state index is 10.1. The van der Waals surface area contributed by atoms with Gasteiger partial charge in [-0.3, -0.25) is 0 Å². The zero-order valence-corrected chi connectivity index (χ0v) is 6.16. The first-order valence-corrected chi connectivity index (χ1v) is 3.23. The average molecular weight is 130 g/mol. The van der Waals surface area contributed by atoms with Gasteiger partial charge in [-0.05, 0) is 5.92 Å². The van der Waals surface area contributed by atoms with Crippen LogP contribution < -0.4 is 0 Å². The molecular weight excluding hydrogens is 116 g/mol. The van der Waals surface area contributed by atoms with Crippen LogP contribution in [-0.4, -0.2) is 17.5 Å². The first kappa shape index (κ1) is 8.63. The van der Waals surface area contributed by atoms with Crippen molar-refractivity contribution < 1.29 is 9.90 Å². The van der Waals surface area contributed by atoms with Gasteiger partial charge in [0.25, 0.3) is 0 Å². The molecule has 0 aliphatic rings. The van der Waals surface area contributed by atoms with Crippen LogP contribution in [0, 0.1) is 11.8 Å². The topological polar surface area (TPSA) is 37.3 Å². The Bertz CT molecular complexity index is 88.9. The van der Waals surface area contributed by atoms with Crippen LogP contribution in [0.1, 0.15) is 20.8 Å². The van der Waals surface area contributed by atoms with Crippen LogP contribution in [0.15, 0.2) is 0 Å². The third kappa shape index (κ3) is 2.61. The predicted octanol–water partition coefficient (Wildman–Crippen LogP) is 0.838. The van der Waals surface area contributed by atoms with Gasteiger partial charge in [-0.1, -0.05) is 20.8 Å². The predicted molar refractivity (Wildman–Crippen MR) is 36.1 cm³/mol. The molecule has 0 rings (SSSR count). The van der Waals surface area contributed by atoms with E-state index in [0.717, 1.165) is 6.29 Å². The molecule has 0 radical (unpaired) electrons. The Morgan fingerprint density at radius 1 is 1.33 bits per heavy atom. The first-order chi connectivity index (χ1) is 4.09. The maximum absolute atomic E-state index is 10.1. The summed E-state index contributed by atoms with van der Waals surface area (Å²) in [5, 5.41) is 9.16. The Kier molecular flexibility index (Phi) is 3.47. The summed E-state index contributed by atoms with van der Waals surface area (Å²) in [6.45, 7) is 5.51. The number of carbonyl (C=O) groups is 1. The lowest BCUT2D eigenvalue weighted by molar-refractivity contribution is -0.114. The first-order valence-electron chi connectivity index (χ1n) is 3.23. The van der Waals surface area contributed by atoms with E-state index in [0.29, 0.717) is 0 Å². The van der Waals surface area contributed by atoms with E-state index < -0.39 is 6.10 Å². The zero-order chi connectivity index (χ0) is 7.44. The molecule has 54 valence electrons. The Balaban J connectivity index is 3.71. The van der Waals surface area contributed by atoms with Crippen molar-refractivity contribution in [1.82, 2.24) is 0 Å². The third-order valence-electron chi connectivity index (χ3n) is 1.44. The van der Waals surface area contributed by atoms with E-state index in [2.05, 4.69) is 0 Å². The molecule has 0 saturated heterocycles. The van der Waals surface area contributed by atoms with Gasteiger partial charge in [-0.25, -0.2) is 0 Å². The second kappa shape index (κ2) is 3.62. The van der Waals surface area contributed by atoms with E-state index in [1.165, 1.54) is 0 Å². The van der Waals surface area contributed by atoms with Crippen molar-refractivity contribution in [3.8, 4) is 0 Å². The van der Waals surface area contributed by atoms with Crippen molar-refractivity contribution in [2.75, 3.05) is 0 Å². The molecule has 0 aromatic heterocycles. The van der Waals surface area contributed by atoms with Crippen LogP contribution in [0.3, 0.4) is 0 Å². The van der Waals surface area contributed by atoms with E-state index in [1.54, 1.807) is 6.92 Å². The summed E-state index contributed by atoms with van der Waals surface area (Å²) in [6, 6.07) is 0. The second-order valence-electron chi connectivity index (χ2n) is 2.73. The lowest BCUT2D eigenvalue weighted by Crippen LogP contribution is -2.24. The van der Waals surface area contributed by atoms with Gasteiger partial charge in [0.2, 0.25) is 0 Å². The van der Waals surface area contributed by atoms with Crippen molar-refractivity contribution in [3.05, 3.63) is 0 Å². The van der Waals surface area contributed by atoms with Crippen molar-refractivity contribution in [2.45, 2.75) is 26.9 Å². The molecular formula is C7H14O2. The Morgan fingerprint density at radius 2 is 1.78 bits per heavy atom. The lowest BCUT2D eigenvalue weighted by atomic mass is 9.96. The number of carbonyl (C=O) groups excluding carboxylic acids is 1. The highest BCUT2D eigenvalue weighted by Crippen LogP contribution is 2.09. The molecule has 2 atom stereocenters. The standard InChI is InChI=1S/C7H14O2/c1-5(2)7(9)6(3)4-8/h4-7,9H,1-3H3/t6-,7+/m0/s1. The van der Waals surface area contributed by atoms with Gasteiger partial charge in [0.15, 0.2) is 0 Å². The highest BCUT2D eigenvalue weighted by molar-refractivity contribution is 5.53. The number of aliphatic hydroxyl groups is 1. The van der Waals surface area contributed by atoms with Crippen LogP contribution in [0.5, 0.6) is 0 Å². The molecule has 0 aliphatic carbocycles. The highest BCUT2D eigenvalue weighted by Gasteiger charge is 2.15. The summed E-state index contributed by atoms with van der Waals surface area (Å²) in [6.07, 6.45) is 0.299. The minimum absolute atomic E-state index is 0.171. The maximum Gasteiger partial charge on any atom is 0.125 e. The van der Waals surface area contributed by atoms with Gasteiger partial charge in [-0.15, -0.1) is 0 Å². The van der Waals surface area contributed by atoms with E-state index in [-0.39, 0.29) is 11.8 Å². The molecule has 0 spiro atoms. The molecule has 2 nitrogen and oxygen atoms in total. The summed E-state index contributed by atoms with van der Waals surface area (Å²) in [5.41, 5.74) is 0. The molecule has 0 aromatic rings. The second-order valence-corrected chi connectivity index (χ2v) is 2.73. The van der Waals surface area contributed by atoms with Crippen LogP contribution in [-0.2, 0) is 4.79 Å². The molecule has 0 aliphatic heterocycles. The molecule has 0 heterocycles. The van der Waals surface area contributed by atoms with Crippen LogP contribution >= 0.6 is 0 Å². The minimum atomic E-state index is -0.484. The summed E-state index contributed by atoms with van der Waals surface area (Å²) >= 11 is 0. The number of hydrogen-bond donors (Lipinski definition) is 1. The largest absolute Gasteiger partial charge is 0.392 e. The fourth-order valence-corrected chi connectivity index (χ4v) is 0.688. The normalized spacial score (nSPS) is 17.4. The van der Waals surface area contributed by atoms with Crippen molar-refractivity contribution in [3.63, 3.8) is 0 Å². The molecule has 0 fully saturated rings. The molecule has 0 unspecified atom stereocenters. The van der Waals surface area contributed by atoms with Crippen LogP contribution in [0.4, 0.5) is 0 Å². The monoisotopic (exact) mass is 130 g/mol. The Hall–Kier alpha value is -0.370. The number of rotatable bonds is 3. The van der Waals surface area contributed by atoms with Gasteiger partial charge in [0.1, 0.15) is 6.29 Å². The van der Waals surface area contributed by atoms with E-state index in [1.807, 2.05) is 13.8 Å². The molecule has 1 N–H and O–H groups in total. The fraction of sp³-hybridized carbons (Fsp3) is 0.857. The lowest BCUT2D eigenvalue weighted by Gasteiger charge is -2.16. The Morgan fingerprint density at radius 3 is 1.89 bits per heavy atom. The van der Waals surface area contributed by atoms with Crippen LogP contribution in [0.25, 0.3) is 0 Å². The van der Waals surface area contributed by atoms with Gasteiger partial charge >= 0.3 is 0 Å². The van der Waals surface area contributed by atoms with Crippen molar-refractivity contribution in [1.29, 1.82) is 0 Å². The zero-order valence-electron chi connectivity index (χ0n) is 6.16. The van der Waals surface area contributed by atoms with Crippen LogP contribution in [0.2, 0.25) is 0 Å². The number of aliphatic hydroxyl groups excluding tert-OH is 1. The SMILES string of the molecule is CC(C)[C@@H](O)[C@@H](C)C=O.